The molecule has 1 heterocycles. The molecule has 1 aromatic heterocycles. The molecule has 23 heavy (non-hydrogen) atoms. The molecule has 0 aliphatic heterocycles. The Morgan fingerprint density at radius 1 is 1.30 bits per heavy atom. The van der Waals surface area contributed by atoms with Crippen molar-refractivity contribution < 1.29 is 24.2 Å². The molecule has 2 N–H and O–H groups in total. The number of ether oxygens (including phenoxy) is 1. The highest BCUT2D eigenvalue weighted by Gasteiger charge is 2.34. The van der Waals surface area contributed by atoms with Crippen molar-refractivity contribution in [3.63, 3.8) is 0 Å². The Morgan fingerprint density at radius 3 is 2.57 bits per heavy atom. The number of carboxylic acids is 1. The van der Waals surface area contributed by atoms with Crippen molar-refractivity contribution in [1.82, 2.24) is 0 Å². The summed E-state index contributed by atoms with van der Waals surface area (Å²) in [6, 6.07) is 1.70. The van der Waals surface area contributed by atoms with Gasteiger partial charge in [-0.1, -0.05) is 12.2 Å². The molecule has 2 atom stereocenters. The van der Waals surface area contributed by atoms with E-state index in [1.54, 1.807) is 26.0 Å². The Bertz CT molecular complexity index is 649. The van der Waals surface area contributed by atoms with Crippen LogP contribution in [0.25, 0.3) is 0 Å². The largest absolute Gasteiger partial charge is 0.481 e. The predicted molar refractivity (Wildman–Crippen MR) is 86.6 cm³/mol. The van der Waals surface area contributed by atoms with Crippen LogP contribution < -0.4 is 5.32 Å². The number of aliphatic carboxylic acids is 1. The molecular formula is C16H19NO5S. The molecule has 6 nitrogen and oxygen atoms in total. The normalized spacial score (nSPS) is 20.1. The van der Waals surface area contributed by atoms with Crippen molar-refractivity contribution in [2.24, 2.45) is 11.8 Å². The monoisotopic (exact) mass is 337 g/mol. The van der Waals surface area contributed by atoms with Gasteiger partial charge in [0.2, 0.25) is 5.91 Å². The van der Waals surface area contributed by atoms with Gasteiger partial charge in [0.05, 0.1) is 23.4 Å². The van der Waals surface area contributed by atoms with Crippen molar-refractivity contribution in [3.05, 3.63) is 28.7 Å². The summed E-state index contributed by atoms with van der Waals surface area (Å²) in [6.45, 7) is 3.78. The fourth-order valence-electron chi connectivity index (χ4n) is 2.53. The molecule has 7 heteroatoms. The van der Waals surface area contributed by atoms with Crippen LogP contribution in [0.5, 0.6) is 0 Å². The van der Waals surface area contributed by atoms with Crippen molar-refractivity contribution in [2.75, 3.05) is 11.9 Å². The Balaban J connectivity index is 2.11. The molecule has 1 amide bonds. The number of amides is 1. The summed E-state index contributed by atoms with van der Waals surface area (Å²) in [4.78, 5) is 35.9. The molecular weight excluding hydrogens is 318 g/mol. The lowest BCUT2D eigenvalue weighted by atomic mass is 9.82. The number of rotatable bonds is 5. The van der Waals surface area contributed by atoms with Crippen LogP contribution in [0.2, 0.25) is 0 Å². The SMILES string of the molecule is CCOC(=O)c1sc(NC(=O)[C@H]2CC=CC[C@H]2C(=O)O)cc1C. The second-order valence-corrected chi connectivity index (χ2v) is 6.38. The van der Waals surface area contributed by atoms with Gasteiger partial charge in [-0.3, -0.25) is 9.59 Å². The van der Waals surface area contributed by atoms with Crippen molar-refractivity contribution in [3.8, 4) is 0 Å². The maximum Gasteiger partial charge on any atom is 0.348 e. The molecule has 124 valence electrons. The van der Waals surface area contributed by atoms with E-state index in [-0.39, 0.29) is 12.5 Å². The van der Waals surface area contributed by atoms with Crippen LogP contribution in [-0.2, 0) is 14.3 Å². The van der Waals surface area contributed by atoms with E-state index in [2.05, 4.69) is 5.32 Å². The minimum atomic E-state index is -0.968. The number of aryl methyl sites for hydroxylation is 1. The topological polar surface area (TPSA) is 92.7 Å². The summed E-state index contributed by atoms with van der Waals surface area (Å²) < 4.78 is 4.96. The summed E-state index contributed by atoms with van der Waals surface area (Å²) in [5, 5.41) is 12.5. The van der Waals surface area contributed by atoms with Gasteiger partial charge in [0, 0.05) is 0 Å². The number of hydrogen-bond donors (Lipinski definition) is 2. The second kappa shape index (κ2) is 7.41. The number of carbonyl (C=O) groups is 3. The van der Waals surface area contributed by atoms with Gasteiger partial charge in [0.25, 0.3) is 0 Å². The summed E-state index contributed by atoms with van der Waals surface area (Å²) in [5.41, 5.74) is 0.724. The predicted octanol–water partition coefficient (Wildman–Crippen LogP) is 2.84. The Morgan fingerprint density at radius 2 is 1.96 bits per heavy atom. The van der Waals surface area contributed by atoms with Crippen LogP contribution in [0.15, 0.2) is 18.2 Å². The van der Waals surface area contributed by atoms with E-state index in [9.17, 15) is 19.5 Å². The first kappa shape index (κ1) is 17.2. The molecule has 0 saturated carbocycles. The van der Waals surface area contributed by atoms with E-state index < -0.39 is 23.8 Å². The van der Waals surface area contributed by atoms with E-state index in [1.165, 1.54) is 0 Å². The number of anilines is 1. The van der Waals surface area contributed by atoms with Crippen molar-refractivity contribution in [2.45, 2.75) is 26.7 Å². The summed E-state index contributed by atoms with van der Waals surface area (Å²) >= 11 is 1.14. The van der Waals surface area contributed by atoms with Crippen LogP contribution in [0.4, 0.5) is 5.00 Å². The van der Waals surface area contributed by atoms with Crippen molar-refractivity contribution >= 4 is 34.2 Å². The third kappa shape index (κ3) is 3.98. The van der Waals surface area contributed by atoms with Crippen LogP contribution in [0.1, 0.15) is 35.0 Å². The number of hydrogen-bond acceptors (Lipinski definition) is 5. The van der Waals surface area contributed by atoms with Gasteiger partial charge in [-0.25, -0.2) is 4.79 Å². The van der Waals surface area contributed by atoms with Crippen LogP contribution in [0, 0.1) is 18.8 Å². The molecule has 0 saturated heterocycles. The highest BCUT2D eigenvalue weighted by Crippen LogP contribution is 2.31. The first-order valence-electron chi connectivity index (χ1n) is 7.40. The molecule has 1 aromatic rings. The number of thiophene rings is 1. The number of carbonyl (C=O) groups excluding carboxylic acids is 2. The average Bonchev–Trinajstić information content (AvgIpc) is 2.88. The van der Waals surface area contributed by atoms with Gasteiger partial charge >= 0.3 is 11.9 Å². The van der Waals surface area contributed by atoms with Gasteiger partial charge in [-0.15, -0.1) is 11.3 Å². The molecule has 0 bridgehead atoms. The highest BCUT2D eigenvalue weighted by molar-refractivity contribution is 7.18. The standard InChI is InChI=1S/C16H19NO5S/c1-3-22-16(21)13-9(2)8-12(23-13)17-14(18)10-6-4-5-7-11(10)15(19)20/h4-5,8,10-11H,3,6-7H2,1-2H3,(H,17,18)(H,19,20)/t10-,11+/m0/s1. The molecule has 0 spiro atoms. The molecule has 1 aliphatic rings. The highest BCUT2D eigenvalue weighted by atomic mass is 32.1. The smallest absolute Gasteiger partial charge is 0.348 e. The van der Waals surface area contributed by atoms with E-state index in [0.717, 1.165) is 16.9 Å². The molecule has 0 aromatic carbocycles. The fraction of sp³-hybridized carbons (Fsp3) is 0.438. The number of carboxylic acid groups (broad SMARTS) is 1. The minimum absolute atomic E-state index is 0.284. The summed E-state index contributed by atoms with van der Waals surface area (Å²) in [6.07, 6.45) is 4.37. The third-order valence-electron chi connectivity index (χ3n) is 3.71. The second-order valence-electron chi connectivity index (χ2n) is 5.33. The van der Waals surface area contributed by atoms with E-state index in [0.29, 0.717) is 22.7 Å². The maximum atomic E-state index is 12.4. The molecule has 1 aliphatic carbocycles. The van der Waals surface area contributed by atoms with Gasteiger partial charge in [-0.2, -0.15) is 0 Å². The summed E-state index contributed by atoms with van der Waals surface area (Å²) in [5.74, 6) is -3.04. The lowest BCUT2D eigenvalue weighted by molar-refractivity contribution is -0.146. The van der Waals surface area contributed by atoms with E-state index in [1.807, 2.05) is 6.08 Å². The minimum Gasteiger partial charge on any atom is -0.481 e. The van der Waals surface area contributed by atoms with Gasteiger partial charge in [0.15, 0.2) is 0 Å². The molecule has 2 rings (SSSR count). The van der Waals surface area contributed by atoms with Gasteiger partial charge in [-0.05, 0) is 38.3 Å². The molecule has 0 fully saturated rings. The average molecular weight is 337 g/mol. The van der Waals surface area contributed by atoms with Gasteiger partial charge < -0.3 is 15.2 Å². The zero-order valence-electron chi connectivity index (χ0n) is 13.0. The fourth-order valence-corrected chi connectivity index (χ4v) is 3.50. The van der Waals surface area contributed by atoms with Gasteiger partial charge in [0.1, 0.15) is 4.88 Å². The zero-order chi connectivity index (χ0) is 17.0. The van der Waals surface area contributed by atoms with Crippen LogP contribution in [0.3, 0.4) is 0 Å². The van der Waals surface area contributed by atoms with Crippen LogP contribution >= 0.6 is 11.3 Å². The Labute approximate surface area is 138 Å². The quantitative estimate of drug-likeness (QED) is 0.636. The van der Waals surface area contributed by atoms with E-state index in [4.69, 9.17) is 4.74 Å². The first-order valence-corrected chi connectivity index (χ1v) is 8.21. The number of esters is 1. The Kier molecular flexibility index (Phi) is 5.54. The lowest BCUT2D eigenvalue weighted by Gasteiger charge is -2.23. The zero-order valence-corrected chi connectivity index (χ0v) is 13.8. The van der Waals surface area contributed by atoms with Crippen molar-refractivity contribution in [1.29, 1.82) is 0 Å². The maximum absolute atomic E-state index is 12.4. The number of nitrogens with one attached hydrogen (secondary N) is 1. The summed E-state index contributed by atoms with van der Waals surface area (Å²) in [7, 11) is 0. The molecule has 0 unspecified atom stereocenters. The Hall–Kier alpha value is -2.15. The number of allylic oxidation sites excluding steroid dienone is 2. The molecule has 0 radical (unpaired) electrons. The first-order chi connectivity index (χ1) is 10.9. The van der Waals surface area contributed by atoms with Crippen LogP contribution in [-0.4, -0.2) is 29.6 Å². The third-order valence-corrected chi connectivity index (χ3v) is 4.84. The lowest BCUT2D eigenvalue weighted by Crippen LogP contribution is -2.34. The van der Waals surface area contributed by atoms with E-state index >= 15 is 0 Å².